The van der Waals surface area contributed by atoms with E-state index in [9.17, 15) is 38.7 Å². The molecule has 0 aliphatic heterocycles. The van der Waals surface area contributed by atoms with E-state index >= 15 is 0 Å². The lowest BCUT2D eigenvalue weighted by Crippen LogP contribution is -2.58. The standard InChI is InChI=1S/C25H33N7O9/c26-14(5-8-21(35)36)22(37)31-17(9-12-11-29-15-4-2-1-3-13(12)15)23(38)32-18(10-20(28)34)24(39)30-16(25(40)41)6-7-19(27)33/h1-4,11,14,16-18,29H,5-10,26H2,(H2,27,33)(H2,28,34)(H,30,39)(H,31,37)(H,32,38)(H,35,36)(H,40,41). The third-order valence-corrected chi connectivity index (χ3v) is 6.07. The van der Waals surface area contributed by atoms with Crippen LogP contribution in [0.1, 0.15) is 37.7 Å². The van der Waals surface area contributed by atoms with Gasteiger partial charge in [-0.2, -0.15) is 0 Å². The lowest BCUT2D eigenvalue weighted by molar-refractivity contribution is -0.143. The smallest absolute Gasteiger partial charge is 0.326 e. The van der Waals surface area contributed by atoms with Crippen molar-refractivity contribution < 1.29 is 43.8 Å². The second-order valence-electron chi connectivity index (χ2n) is 9.30. The molecule has 0 bridgehead atoms. The third kappa shape index (κ3) is 10.2. The van der Waals surface area contributed by atoms with Crippen molar-refractivity contribution in [3.63, 3.8) is 0 Å². The Morgan fingerprint density at radius 2 is 1.39 bits per heavy atom. The first kappa shape index (κ1) is 32.2. The Morgan fingerprint density at radius 1 is 0.780 bits per heavy atom. The van der Waals surface area contributed by atoms with Crippen molar-refractivity contribution in [1.29, 1.82) is 0 Å². The molecule has 0 saturated carbocycles. The normalized spacial score (nSPS) is 13.8. The lowest BCUT2D eigenvalue weighted by atomic mass is 10.0. The van der Waals surface area contributed by atoms with E-state index in [0.29, 0.717) is 5.56 Å². The molecule has 0 radical (unpaired) electrons. The second-order valence-corrected chi connectivity index (χ2v) is 9.30. The van der Waals surface area contributed by atoms with E-state index in [0.717, 1.165) is 10.9 Å². The number of primary amides is 2. The summed E-state index contributed by atoms with van der Waals surface area (Å²) >= 11 is 0. The van der Waals surface area contributed by atoms with Gasteiger partial charge < -0.3 is 48.3 Å². The van der Waals surface area contributed by atoms with Crippen LogP contribution in [0.3, 0.4) is 0 Å². The molecule has 0 aliphatic rings. The van der Waals surface area contributed by atoms with E-state index in [2.05, 4.69) is 20.9 Å². The van der Waals surface area contributed by atoms with E-state index in [1.165, 1.54) is 0 Å². The van der Waals surface area contributed by atoms with E-state index < -0.39 is 78.5 Å². The molecule has 2 rings (SSSR count). The number of aliphatic carboxylic acids is 2. The monoisotopic (exact) mass is 575 g/mol. The van der Waals surface area contributed by atoms with Crippen LogP contribution in [0.4, 0.5) is 0 Å². The summed E-state index contributed by atoms with van der Waals surface area (Å²) in [5.41, 5.74) is 17.4. The predicted molar refractivity (Wildman–Crippen MR) is 143 cm³/mol. The number of carbonyl (C=O) groups is 7. The van der Waals surface area contributed by atoms with Gasteiger partial charge in [-0.3, -0.25) is 28.8 Å². The lowest BCUT2D eigenvalue weighted by Gasteiger charge is -2.24. The summed E-state index contributed by atoms with van der Waals surface area (Å²) in [4.78, 5) is 87.2. The number of amides is 5. The summed E-state index contributed by atoms with van der Waals surface area (Å²) in [7, 11) is 0. The maximum absolute atomic E-state index is 13.4. The van der Waals surface area contributed by atoms with Gasteiger partial charge in [0, 0.05) is 36.4 Å². The highest BCUT2D eigenvalue weighted by Gasteiger charge is 2.32. The number of carbonyl (C=O) groups excluding carboxylic acids is 5. The SMILES string of the molecule is NC(=O)CCC(NC(=O)C(CC(N)=O)NC(=O)C(Cc1c[nH]c2ccccc12)NC(=O)C(N)CCC(=O)O)C(=O)O. The van der Waals surface area contributed by atoms with Crippen LogP contribution in [0.2, 0.25) is 0 Å². The van der Waals surface area contributed by atoms with Crippen molar-refractivity contribution in [2.24, 2.45) is 17.2 Å². The molecule has 0 saturated heterocycles. The quantitative estimate of drug-likeness (QED) is 0.0961. The van der Waals surface area contributed by atoms with Gasteiger partial charge >= 0.3 is 11.9 Å². The number of nitrogens with two attached hydrogens (primary N) is 3. The zero-order valence-electron chi connectivity index (χ0n) is 21.9. The first-order valence-corrected chi connectivity index (χ1v) is 12.5. The maximum atomic E-state index is 13.4. The first-order chi connectivity index (χ1) is 19.3. The van der Waals surface area contributed by atoms with Gasteiger partial charge in [0.05, 0.1) is 12.5 Å². The van der Waals surface area contributed by atoms with Gasteiger partial charge in [-0.25, -0.2) is 4.79 Å². The Hall–Kier alpha value is -4.99. The number of carboxylic acids is 2. The van der Waals surface area contributed by atoms with Gasteiger partial charge in [0.1, 0.15) is 18.1 Å². The number of hydrogen-bond acceptors (Lipinski definition) is 8. The number of para-hydroxylation sites is 1. The minimum atomic E-state index is -1.64. The number of hydrogen-bond donors (Lipinski definition) is 9. The molecule has 2 aromatic rings. The highest BCUT2D eigenvalue weighted by molar-refractivity contribution is 5.96. The Morgan fingerprint density at radius 3 is 2.00 bits per heavy atom. The molecule has 4 atom stereocenters. The summed E-state index contributed by atoms with van der Waals surface area (Å²) in [6.45, 7) is 0. The van der Waals surface area contributed by atoms with Crippen LogP contribution in [0.15, 0.2) is 30.5 Å². The minimum Gasteiger partial charge on any atom is -0.481 e. The molecule has 0 fully saturated rings. The van der Waals surface area contributed by atoms with Crippen molar-refractivity contribution in [3.8, 4) is 0 Å². The van der Waals surface area contributed by atoms with E-state index in [1.54, 1.807) is 30.5 Å². The molecule has 4 unspecified atom stereocenters. The average molecular weight is 576 g/mol. The fraction of sp³-hybridized carbons (Fsp3) is 0.400. The van der Waals surface area contributed by atoms with Gasteiger partial charge in [0.2, 0.25) is 29.5 Å². The summed E-state index contributed by atoms with van der Waals surface area (Å²) < 4.78 is 0. The van der Waals surface area contributed by atoms with Gasteiger partial charge in [-0.15, -0.1) is 0 Å². The molecule has 0 aliphatic carbocycles. The predicted octanol–water partition coefficient (Wildman–Crippen LogP) is -2.42. The molecule has 0 spiro atoms. The summed E-state index contributed by atoms with van der Waals surface area (Å²) in [6.07, 6.45) is -0.510. The molecule has 16 nitrogen and oxygen atoms in total. The van der Waals surface area contributed by atoms with Crippen molar-refractivity contribution in [1.82, 2.24) is 20.9 Å². The molecule has 1 heterocycles. The zero-order valence-corrected chi connectivity index (χ0v) is 21.9. The van der Waals surface area contributed by atoms with Gasteiger partial charge in [0.25, 0.3) is 0 Å². The number of fused-ring (bicyclic) bond motifs is 1. The van der Waals surface area contributed by atoms with Crippen LogP contribution in [0, 0.1) is 0 Å². The second kappa shape index (κ2) is 15.0. The highest BCUT2D eigenvalue weighted by atomic mass is 16.4. The zero-order chi connectivity index (χ0) is 30.7. The van der Waals surface area contributed by atoms with E-state index in [1.807, 2.05) is 0 Å². The Balaban J connectivity index is 2.29. The topological polar surface area (TPSA) is 290 Å². The number of benzene rings is 1. The van der Waals surface area contributed by atoms with Crippen molar-refractivity contribution in [2.45, 2.75) is 62.7 Å². The van der Waals surface area contributed by atoms with Crippen molar-refractivity contribution >= 4 is 52.4 Å². The Bertz CT molecular complexity index is 1310. The summed E-state index contributed by atoms with van der Waals surface area (Å²) in [5, 5.41) is 25.9. The van der Waals surface area contributed by atoms with Crippen LogP contribution in [-0.4, -0.2) is 80.8 Å². The summed E-state index contributed by atoms with van der Waals surface area (Å²) in [5.74, 6) is -7.30. The van der Waals surface area contributed by atoms with Crippen LogP contribution in [0.5, 0.6) is 0 Å². The first-order valence-electron chi connectivity index (χ1n) is 12.5. The van der Waals surface area contributed by atoms with Crippen molar-refractivity contribution in [2.75, 3.05) is 0 Å². The molecular weight excluding hydrogens is 542 g/mol. The number of rotatable bonds is 17. The molecular formula is C25H33N7O9. The average Bonchev–Trinajstić information content (AvgIpc) is 3.30. The van der Waals surface area contributed by atoms with Crippen LogP contribution in [-0.2, 0) is 40.0 Å². The highest BCUT2D eigenvalue weighted by Crippen LogP contribution is 2.19. The van der Waals surface area contributed by atoms with E-state index in [-0.39, 0.29) is 25.7 Å². The molecule has 5 amide bonds. The fourth-order valence-electron chi connectivity index (χ4n) is 3.92. The molecule has 222 valence electrons. The number of nitrogens with one attached hydrogen (secondary N) is 4. The fourth-order valence-corrected chi connectivity index (χ4v) is 3.92. The van der Waals surface area contributed by atoms with Crippen LogP contribution >= 0.6 is 0 Å². The molecule has 16 heteroatoms. The van der Waals surface area contributed by atoms with Gasteiger partial charge in [-0.05, 0) is 24.5 Å². The molecule has 1 aromatic carbocycles. The van der Waals surface area contributed by atoms with Gasteiger partial charge in [-0.1, -0.05) is 18.2 Å². The number of aromatic amines is 1. The minimum absolute atomic E-state index is 0.103. The maximum Gasteiger partial charge on any atom is 0.326 e. The van der Waals surface area contributed by atoms with Gasteiger partial charge in [0.15, 0.2) is 0 Å². The molecule has 1 aromatic heterocycles. The number of H-pyrrole nitrogens is 1. The number of carboxylic acid groups (broad SMARTS) is 2. The number of aromatic nitrogens is 1. The third-order valence-electron chi connectivity index (χ3n) is 6.07. The summed E-state index contributed by atoms with van der Waals surface area (Å²) in [6, 6.07) is 1.30. The Labute approximate surface area is 233 Å². The van der Waals surface area contributed by atoms with E-state index in [4.69, 9.17) is 22.3 Å². The molecule has 12 N–H and O–H groups in total. The Kier molecular flexibility index (Phi) is 11.8. The largest absolute Gasteiger partial charge is 0.481 e. The van der Waals surface area contributed by atoms with Crippen molar-refractivity contribution in [3.05, 3.63) is 36.0 Å². The van der Waals surface area contributed by atoms with Crippen LogP contribution < -0.4 is 33.2 Å². The molecule has 41 heavy (non-hydrogen) atoms. The van der Waals surface area contributed by atoms with Crippen LogP contribution in [0.25, 0.3) is 10.9 Å².